The van der Waals surface area contributed by atoms with Crippen LogP contribution in [-0.2, 0) is 0 Å². The van der Waals surface area contributed by atoms with Crippen LogP contribution in [-0.4, -0.2) is 29.0 Å². The van der Waals surface area contributed by atoms with Gasteiger partial charge in [0.25, 0.3) is 0 Å². The normalized spacial score (nSPS) is 18.1. The summed E-state index contributed by atoms with van der Waals surface area (Å²) < 4.78 is 33.4. The van der Waals surface area contributed by atoms with Gasteiger partial charge in [0.2, 0.25) is 5.95 Å². The molecule has 4 aromatic rings. The molecule has 7 nitrogen and oxygen atoms in total. The first-order valence-electron chi connectivity index (χ1n) is 10.9. The van der Waals surface area contributed by atoms with Gasteiger partial charge in [-0.3, -0.25) is 0 Å². The minimum atomic E-state index is -0.556. The van der Waals surface area contributed by atoms with Crippen LogP contribution in [0.5, 0.6) is 17.2 Å². The fourth-order valence-corrected chi connectivity index (χ4v) is 4.87. The standard InChI is InChI=1S/C26H20ClFN4O3/c1-33-17-8-9-18(21(12-17)34-2)25-22-23(19-11-15(27)5-10-20(19)35-25)31-26-29-13-30-32(26)24(22)14-3-6-16(28)7-4-14/h3-13,24-25H,1-2H3,(H,29,30,31)/t24-,25-/m0/s1. The fourth-order valence-electron chi connectivity index (χ4n) is 4.70. The Morgan fingerprint density at radius 2 is 1.86 bits per heavy atom. The van der Waals surface area contributed by atoms with Gasteiger partial charge >= 0.3 is 0 Å². The van der Waals surface area contributed by atoms with Crippen molar-refractivity contribution < 1.29 is 18.6 Å². The highest BCUT2D eigenvalue weighted by atomic mass is 35.5. The number of benzene rings is 3. The molecular formula is C26H20ClFN4O3. The smallest absolute Gasteiger partial charge is 0.226 e. The maximum Gasteiger partial charge on any atom is 0.226 e. The second-order valence-corrected chi connectivity index (χ2v) is 8.62. The molecule has 0 saturated heterocycles. The van der Waals surface area contributed by atoms with Crippen molar-refractivity contribution in [2.24, 2.45) is 0 Å². The molecule has 0 bridgehead atoms. The molecular weight excluding hydrogens is 471 g/mol. The Labute approximate surface area is 205 Å². The van der Waals surface area contributed by atoms with Gasteiger partial charge in [-0.1, -0.05) is 23.7 Å². The highest BCUT2D eigenvalue weighted by molar-refractivity contribution is 6.30. The molecule has 2 atom stereocenters. The third-order valence-electron chi connectivity index (χ3n) is 6.28. The molecule has 35 heavy (non-hydrogen) atoms. The minimum absolute atomic E-state index is 0.318. The summed E-state index contributed by atoms with van der Waals surface area (Å²) in [6, 6.07) is 17.0. The number of hydrogen-bond donors (Lipinski definition) is 1. The van der Waals surface area contributed by atoms with Gasteiger partial charge in [0.1, 0.15) is 35.4 Å². The third kappa shape index (κ3) is 3.49. The number of anilines is 1. The second kappa shape index (κ2) is 8.32. The molecule has 0 fully saturated rings. The van der Waals surface area contributed by atoms with Gasteiger partial charge in [-0.25, -0.2) is 9.07 Å². The molecule has 1 aromatic heterocycles. The van der Waals surface area contributed by atoms with Crippen LogP contribution in [0.15, 0.2) is 72.6 Å². The number of nitrogens with one attached hydrogen (secondary N) is 1. The van der Waals surface area contributed by atoms with Crippen molar-refractivity contribution in [2.45, 2.75) is 12.1 Å². The molecule has 0 saturated carbocycles. The van der Waals surface area contributed by atoms with E-state index in [1.165, 1.54) is 18.5 Å². The highest BCUT2D eigenvalue weighted by Gasteiger charge is 2.42. The summed E-state index contributed by atoms with van der Waals surface area (Å²) in [5, 5.41) is 8.48. The maximum absolute atomic E-state index is 13.8. The van der Waals surface area contributed by atoms with Gasteiger partial charge in [-0.05, 0) is 48.0 Å². The van der Waals surface area contributed by atoms with Crippen molar-refractivity contribution in [3.05, 3.63) is 100 Å². The molecule has 0 unspecified atom stereocenters. The summed E-state index contributed by atoms with van der Waals surface area (Å²) in [7, 11) is 3.21. The van der Waals surface area contributed by atoms with E-state index in [2.05, 4.69) is 15.4 Å². The lowest BCUT2D eigenvalue weighted by atomic mass is 9.84. The van der Waals surface area contributed by atoms with Crippen molar-refractivity contribution in [3.63, 3.8) is 0 Å². The number of methoxy groups -OCH3 is 2. The summed E-state index contributed by atoms with van der Waals surface area (Å²) in [4.78, 5) is 4.41. The Morgan fingerprint density at radius 3 is 2.63 bits per heavy atom. The second-order valence-electron chi connectivity index (χ2n) is 8.18. The molecule has 3 aromatic carbocycles. The molecule has 9 heteroatoms. The van der Waals surface area contributed by atoms with Crippen molar-refractivity contribution >= 4 is 23.2 Å². The predicted octanol–water partition coefficient (Wildman–Crippen LogP) is 5.65. The number of fused-ring (bicyclic) bond motifs is 3. The molecule has 2 aliphatic heterocycles. The number of ether oxygens (including phenoxy) is 3. The van der Waals surface area contributed by atoms with E-state index < -0.39 is 12.1 Å². The van der Waals surface area contributed by atoms with Crippen molar-refractivity contribution in [1.82, 2.24) is 14.8 Å². The van der Waals surface area contributed by atoms with Gasteiger partial charge in [0.15, 0.2) is 6.10 Å². The topological polar surface area (TPSA) is 70.4 Å². The van der Waals surface area contributed by atoms with Crippen LogP contribution in [0.25, 0.3) is 5.70 Å². The van der Waals surface area contributed by atoms with Crippen LogP contribution >= 0.6 is 11.6 Å². The van der Waals surface area contributed by atoms with Crippen LogP contribution < -0.4 is 19.5 Å². The van der Waals surface area contributed by atoms with Gasteiger partial charge in [-0.15, -0.1) is 0 Å². The summed E-state index contributed by atoms with van der Waals surface area (Å²) in [6.07, 6.45) is 0.930. The van der Waals surface area contributed by atoms with Gasteiger partial charge in [0, 0.05) is 27.8 Å². The lowest BCUT2D eigenvalue weighted by Gasteiger charge is -2.39. The Hall–Kier alpha value is -4.04. The molecule has 6 rings (SSSR count). The van der Waals surface area contributed by atoms with Crippen LogP contribution in [0.4, 0.5) is 10.3 Å². The van der Waals surface area contributed by atoms with Crippen LogP contribution in [0, 0.1) is 5.82 Å². The number of hydrogen-bond acceptors (Lipinski definition) is 6. The zero-order valence-electron chi connectivity index (χ0n) is 18.8. The quantitative estimate of drug-likeness (QED) is 0.399. The zero-order valence-corrected chi connectivity index (χ0v) is 19.6. The molecule has 2 aliphatic rings. The predicted molar refractivity (Wildman–Crippen MR) is 129 cm³/mol. The van der Waals surface area contributed by atoms with Gasteiger partial charge in [-0.2, -0.15) is 10.1 Å². The lowest BCUT2D eigenvalue weighted by molar-refractivity contribution is 0.217. The largest absolute Gasteiger partial charge is 0.497 e. The van der Waals surface area contributed by atoms with Crippen molar-refractivity contribution in [1.29, 1.82) is 0 Å². The molecule has 0 spiro atoms. The Morgan fingerprint density at radius 1 is 1.03 bits per heavy atom. The Bertz CT molecular complexity index is 1470. The average Bonchev–Trinajstić information content (AvgIpc) is 3.36. The van der Waals surface area contributed by atoms with E-state index in [1.807, 2.05) is 30.3 Å². The summed E-state index contributed by atoms with van der Waals surface area (Å²) in [5.74, 6) is 2.18. The van der Waals surface area contributed by atoms with E-state index in [-0.39, 0.29) is 5.82 Å². The summed E-state index contributed by atoms with van der Waals surface area (Å²) in [6.45, 7) is 0. The molecule has 0 radical (unpaired) electrons. The van der Waals surface area contributed by atoms with Crippen LogP contribution in [0.2, 0.25) is 5.02 Å². The fraction of sp³-hybridized carbons (Fsp3) is 0.154. The van der Waals surface area contributed by atoms with E-state index in [0.29, 0.717) is 28.2 Å². The maximum atomic E-state index is 13.8. The molecule has 0 amide bonds. The molecule has 176 valence electrons. The third-order valence-corrected chi connectivity index (χ3v) is 6.52. The monoisotopic (exact) mass is 490 g/mol. The van der Waals surface area contributed by atoms with Crippen LogP contribution in [0.1, 0.15) is 28.8 Å². The molecule has 0 aliphatic carbocycles. The van der Waals surface area contributed by atoms with E-state index in [0.717, 1.165) is 28.0 Å². The SMILES string of the molecule is COc1ccc([C@@H]2Oc3ccc(Cl)cc3C3=C2[C@H](c2ccc(F)cc2)n2ncnc2N3)c(OC)c1. The average molecular weight is 491 g/mol. The van der Waals surface area contributed by atoms with Crippen molar-refractivity contribution in [3.8, 4) is 17.2 Å². The number of rotatable bonds is 4. The van der Waals surface area contributed by atoms with Gasteiger partial charge < -0.3 is 19.5 Å². The summed E-state index contributed by atoms with van der Waals surface area (Å²) >= 11 is 6.38. The molecule has 1 N–H and O–H groups in total. The van der Waals surface area contributed by atoms with E-state index in [1.54, 1.807) is 37.1 Å². The highest BCUT2D eigenvalue weighted by Crippen LogP contribution is 2.52. The zero-order chi connectivity index (χ0) is 24.1. The lowest BCUT2D eigenvalue weighted by Crippen LogP contribution is -2.32. The first kappa shape index (κ1) is 21.5. The van der Waals surface area contributed by atoms with E-state index in [4.69, 9.17) is 25.8 Å². The number of halogens is 2. The van der Waals surface area contributed by atoms with Gasteiger partial charge in [0.05, 0.1) is 19.9 Å². The number of nitrogens with zero attached hydrogens (tertiary/aromatic N) is 3. The summed E-state index contributed by atoms with van der Waals surface area (Å²) in [5.41, 5.74) is 4.12. The Kier molecular flexibility index (Phi) is 5.11. The Balaban J connectivity index is 1.63. The first-order valence-corrected chi connectivity index (χ1v) is 11.3. The first-order chi connectivity index (χ1) is 17.1. The van der Waals surface area contributed by atoms with E-state index >= 15 is 0 Å². The van der Waals surface area contributed by atoms with Crippen molar-refractivity contribution in [2.75, 3.05) is 19.5 Å². The van der Waals surface area contributed by atoms with Crippen LogP contribution in [0.3, 0.4) is 0 Å². The molecule has 3 heterocycles. The number of aromatic nitrogens is 3. The van der Waals surface area contributed by atoms with E-state index in [9.17, 15) is 4.39 Å². The minimum Gasteiger partial charge on any atom is -0.497 e.